The van der Waals surface area contributed by atoms with Gasteiger partial charge in [-0.05, 0) is 0 Å². The monoisotopic (exact) mass is 207 g/mol. The molecule has 2 N–H and O–H groups in total. The highest BCUT2D eigenvalue weighted by Crippen LogP contribution is 2.02. The summed E-state index contributed by atoms with van der Waals surface area (Å²) in [7, 11) is 0. The summed E-state index contributed by atoms with van der Waals surface area (Å²) in [6, 6.07) is 2.00. The van der Waals surface area contributed by atoms with Crippen molar-refractivity contribution in [1.82, 2.24) is 0 Å². The van der Waals surface area contributed by atoms with Gasteiger partial charge in [0.25, 0.3) is 0 Å². The Balaban J connectivity index is 3.20. The van der Waals surface area contributed by atoms with E-state index in [1.807, 2.05) is 6.07 Å². The zero-order valence-electron chi connectivity index (χ0n) is 4.67. The molecule has 0 fully saturated rings. The first-order valence-corrected chi connectivity index (χ1v) is 3.95. The Labute approximate surface area is 66.7 Å². The highest BCUT2D eigenvalue weighted by Gasteiger charge is 1.89. The van der Waals surface area contributed by atoms with E-state index in [0.29, 0.717) is 17.3 Å². The highest BCUT2D eigenvalue weighted by molar-refractivity contribution is 9.08. The Kier molecular flexibility index (Phi) is 5.78. The molecule has 0 radical (unpaired) electrons. The predicted molar refractivity (Wildman–Crippen MR) is 43.2 cm³/mol. The van der Waals surface area contributed by atoms with Crippen molar-refractivity contribution in [2.75, 3.05) is 5.75 Å². The smallest absolute Gasteiger partial charge is 0.166 e. The van der Waals surface area contributed by atoms with Gasteiger partial charge >= 0.3 is 0 Å². The number of hydrogen-bond acceptors (Lipinski definition) is 3. The summed E-state index contributed by atoms with van der Waals surface area (Å²) in [4.78, 5) is 0. The SMILES string of the molecule is N#CCCS/C(N)=N\Br. The number of amidine groups is 1. The van der Waals surface area contributed by atoms with Crippen LogP contribution in [0.4, 0.5) is 0 Å². The lowest BCUT2D eigenvalue weighted by Gasteiger charge is -1.91. The van der Waals surface area contributed by atoms with Crippen LogP contribution in [-0.2, 0) is 0 Å². The molecule has 0 aromatic rings. The second-order valence-electron chi connectivity index (χ2n) is 1.18. The fourth-order valence-electron chi connectivity index (χ4n) is 0.226. The Hall–Kier alpha value is -0.210. The number of nitrogens with zero attached hydrogens (tertiary/aromatic N) is 2. The van der Waals surface area contributed by atoms with Gasteiger partial charge in [-0.15, -0.1) is 0 Å². The third kappa shape index (κ3) is 5.66. The van der Waals surface area contributed by atoms with Crippen LogP contribution in [0, 0.1) is 11.3 Å². The minimum Gasteiger partial charge on any atom is -0.378 e. The van der Waals surface area contributed by atoms with E-state index < -0.39 is 0 Å². The van der Waals surface area contributed by atoms with Crippen molar-refractivity contribution in [2.24, 2.45) is 9.75 Å². The average Bonchev–Trinajstić information content (AvgIpc) is 1.89. The maximum absolute atomic E-state index is 8.10. The summed E-state index contributed by atoms with van der Waals surface area (Å²) in [5, 5.41) is 8.56. The summed E-state index contributed by atoms with van der Waals surface area (Å²) in [6.07, 6.45) is 0.508. The van der Waals surface area contributed by atoms with Crippen molar-refractivity contribution in [3.05, 3.63) is 0 Å². The van der Waals surface area contributed by atoms with Gasteiger partial charge in [0, 0.05) is 12.2 Å². The minimum atomic E-state index is 0.463. The molecule has 9 heavy (non-hydrogen) atoms. The molecule has 0 saturated heterocycles. The molecule has 0 bridgehead atoms. The van der Waals surface area contributed by atoms with Crippen LogP contribution in [0.3, 0.4) is 0 Å². The lowest BCUT2D eigenvalue weighted by atomic mass is 10.6. The van der Waals surface area contributed by atoms with Crippen LogP contribution in [0.25, 0.3) is 0 Å². The van der Waals surface area contributed by atoms with E-state index in [9.17, 15) is 0 Å². The van der Waals surface area contributed by atoms with Gasteiger partial charge in [0.15, 0.2) is 5.17 Å². The molecule has 0 aromatic heterocycles. The van der Waals surface area contributed by atoms with Crippen molar-refractivity contribution < 1.29 is 0 Å². The van der Waals surface area contributed by atoms with Crippen molar-refractivity contribution in [2.45, 2.75) is 6.42 Å². The van der Waals surface area contributed by atoms with Gasteiger partial charge in [-0.2, -0.15) is 9.28 Å². The zero-order chi connectivity index (χ0) is 7.11. The molecule has 50 valence electrons. The average molecular weight is 208 g/mol. The highest BCUT2D eigenvalue weighted by atomic mass is 79.9. The molecule has 0 atom stereocenters. The summed E-state index contributed by atoms with van der Waals surface area (Å²) in [5.41, 5.74) is 5.27. The van der Waals surface area contributed by atoms with Crippen LogP contribution in [0.2, 0.25) is 0 Å². The second kappa shape index (κ2) is 5.92. The Morgan fingerprint density at radius 2 is 2.56 bits per heavy atom. The Morgan fingerprint density at radius 3 is 3.00 bits per heavy atom. The van der Waals surface area contributed by atoms with Gasteiger partial charge < -0.3 is 5.73 Å². The number of nitriles is 1. The van der Waals surface area contributed by atoms with Gasteiger partial charge in [-0.1, -0.05) is 11.8 Å². The number of halogens is 1. The number of nitrogens with two attached hydrogens (primary N) is 1. The molecule has 0 aliphatic carbocycles. The molecule has 0 saturated carbocycles. The van der Waals surface area contributed by atoms with Crippen molar-refractivity contribution in [3.8, 4) is 6.07 Å². The summed E-state index contributed by atoms with van der Waals surface area (Å²) < 4.78 is 3.52. The molecule has 0 rings (SSSR count). The molecule has 3 nitrogen and oxygen atoms in total. The van der Waals surface area contributed by atoms with Crippen molar-refractivity contribution >= 4 is 33.1 Å². The van der Waals surface area contributed by atoms with Gasteiger partial charge in [0.05, 0.1) is 22.2 Å². The third-order valence-electron chi connectivity index (χ3n) is 0.547. The fraction of sp³-hybridized carbons (Fsp3) is 0.500. The first-order valence-electron chi connectivity index (χ1n) is 2.25. The van der Waals surface area contributed by atoms with Gasteiger partial charge in [0.2, 0.25) is 0 Å². The van der Waals surface area contributed by atoms with Crippen molar-refractivity contribution in [3.63, 3.8) is 0 Å². The molecular formula is C4H6BrN3S. The Bertz CT molecular complexity index is 139. The lowest BCUT2D eigenvalue weighted by molar-refractivity contribution is 1.24. The van der Waals surface area contributed by atoms with E-state index in [2.05, 4.69) is 20.2 Å². The number of hydrogen-bond donors (Lipinski definition) is 1. The summed E-state index contributed by atoms with van der Waals surface area (Å²) >= 11 is 4.19. The van der Waals surface area contributed by atoms with Crippen LogP contribution in [0.1, 0.15) is 6.42 Å². The topological polar surface area (TPSA) is 62.2 Å². The van der Waals surface area contributed by atoms with Crippen LogP contribution < -0.4 is 5.73 Å². The molecule has 0 heterocycles. The van der Waals surface area contributed by atoms with Gasteiger partial charge in [0.1, 0.15) is 0 Å². The van der Waals surface area contributed by atoms with Crippen LogP contribution in [-0.4, -0.2) is 10.9 Å². The second-order valence-corrected chi connectivity index (χ2v) is 2.65. The van der Waals surface area contributed by atoms with E-state index in [0.717, 1.165) is 0 Å². The molecular weight excluding hydrogens is 202 g/mol. The first kappa shape index (κ1) is 8.79. The largest absolute Gasteiger partial charge is 0.378 e. The maximum Gasteiger partial charge on any atom is 0.166 e. The zero-order valence-corrected chi connectivity index (χ0v) is 7.07. The first-order chi connectivity index (χ1) is 4.31. The molecule has 0 unspecified atom stereocenters. The van der Waals surface area contributed by atoms with Gasteiger partial charge in [-0.3, -0.25) is 0 Å². The van der Waals surface area contributed by atoms with Crippen molar-refractivity contribution in [1.29, 1.82) is 5.26 Å². The van der Waals surface area contributed by atoms with Crippen LogP contribution in [0.5, 0.6) is 0 Å². The molecule has 0 aliphatic rings. The molecule has 0 spiro atoms. The summed E-state index contributed by atoms with van der Waals surface area (Å²) in [5.74, 6) is 0.706. The number of rotatable bonds is 2. The van der Waals surface area contributed by atoms with Gasteiger partial charge in [-0.25, -0.2) is 0 Å². The summed E-state index contributed by atoms with van der Waals surface area (Å²) in [6.45, 7) is 0. The van der Waals surface area contributed by atoms with Crippen LogP contribution in [0.15, 0.2) is 4.02 Å². The molecule has 0 aromatic carbocycles. The molecule has 0 aliphatic heterocycles. The van der Waals surface area contributed by atoms with E-state index in [4.69, 9.17) is 11.0 Å². The number of thioether (sulfide) groups is 1. The van der Waals surface area contributed by atoms with E-state index in [1.165, 1.54) is 11.8 Å². The lowest BCUT2D eigenvalue weighted by Crippen LogP contribution is -2.05. The predicted octanol–water partition coefficient (Wildman–Crippen LogP) is 1.26. The third-order valence-corrected chi connectivity index (χ3v) is 1.96. The van der Waals surface area contributed by atoms with E-state index >= 15 is 0 Å². The molecule has 0 amide bonds. The molecule has 5 heteroatoms. The normalized spacial score (nSPS) is 10.9. The van der Waals surface area contributed by atoms with E-state index in [1.54, 1.807) is 0 Å². The minimum absolute atomic E-state index is 0.463. The maximum atomic E-state index is 8.10. The Morgan fingerprint density at radius 1 is 1.89 bits per heavy atom. The van der Waals surface area contributed by atoms with Crippen LogP contribution >= 0.6 is 27.9 Å². The quantitative estimate of drug-likeness (QED) is 0.422. The van der Waals surface area contributed by atoms with E-state index in [-0.39, 0.29) is 0 Å². The standard InChI is InChI=1S/C4H6BrN3S/c5-8-4(7)9-3-1-2-6/h1,3H2,(H2,7,8). The fourth-order valence-corrected chi connectivity index (χ4v) is 0.984.